The van der Waals surface area contributed by atoms with Crippen LogP contribution in [0.5, 0.6) is 0 Å². The molecule has 94 valence electrons. The minimum absolute atomic E-state index is 0.0786. The van der Waals surface area contributed by atoms with Gasteiger partial charge >= 0.3 is 0 Å². The highest BCUT2D eigenvalue weighted by Gasteiger charge is 2.36. The zero-order chi connectivity index (χ0) is 11.8. The van der Waals surface area contributed by atoms with Crippen molar-refractivity contribution in [1.82, 2.24) is 4.90 Å². The Morgan fingerprint density at radius 1 is 1.25 bits per heavy atom. The number of nitrogens with zero attached hydrogens (tertiary/aromatic N) is 1. The van der Waals surface area contributed by atoms with Crippen molar-refractivity contribution in [2.75, 3.05) is 13.1 Å². The van der Waals surface area contributed by atoms with Crippen molar-refractivity contribution in [3.05, 3.63) is 0 Å². The van der Waals surface area contributed by atoms with E-state index in [1.807, 2.05) is 0 Å². The van der Waals surface area contributed by atoms with E-state index < -0.39 is 0 Å². The van der Waals surface area contributed by atoms with Gasteiger partial charge in [0.1, 0.15) is 0 Å². The Labute approximate surface area is 100 Å². The van der Waals surface area contributed by atoms with E-state index in [1.54, 1.807) is 0 Å². The molecule has 16 heavy (non-hydrogen) atoms. The van der Waals surface area contributed by atoms with Crippen molar-refractivity contribution in [3.8, 4) is 0 Å². The fourth-order valence-corrected chi connectivity index (χ4v) is 3.48. The van der Waals surface area contributed by atoms with E-state index in [0.29, 0.717) is 11.5 Å². The normalized spacial score (nSPS) is 40.9. The Balaban J connectivity index is 1.99. The molecular weight excluding hydrogens is 198 g/mol. The molecule has 3 unspecified atom stereocenters. The molecule has 0 aromatic rings. The number of piperidine rings is 1. The van der Waals surface area contributed by atoms with E-state index in [9.17, 15) is 5.11 Å². The topological polar surface area (TPSA) is 23.5 Å². The molecule has 2 fully saturated rings. The van der Waals surface area contributed by atoms with Gasteiger partial charge < -0.3 is 5.11 Å². The largest absolute Gasteiger partial charge is 0.391 e. The zero-order valence-electron chi connectivity index (χ0n) is 11.1. The Morgan fingerprint density at radius 2 is 2.00 bits per heavy atom. The summed E-state index contributed by atoms with van der Waals surface area (Å²) in [5.41, 5.74) is 0.443. The van der Waals surface area contributed by atoms with Crippen LogP contribution in [0.25, 0.3) is 0 Å². The first-order valence-corrected chi connectivity index (χ1v) is 6.90. The molecule has 2 aliphatic rings. The van der Waals surface area contributed by atoms with Crippen LogP contribution in [0.4, 0.5) is 0 Å². The summed E-state index contributed by atoms with van der Waals surface area (Å²) >= 11 is 0. The maximum atomic E-state index is 10.2. The lowest BCUT2D eigenvalue weighted by Gasteiger charge is -2.46. The highest BCUT2D eigenvalue weighted by molar-refractivity contribution is 4.90. The second-order valence-electron chi connectivity index (χ2n) is 6.79. The van der Waals surface area contributed by atoms with Gasteiger partial charge in [0, 0.05) is 12.6 Å². The van der Waals surface area contributed by atoms with Crippen LogP contribution in [0.15, 0.2) is 0 Å². The molecule has 1 N–H and O–H groups in total. The SMILES string of the molecule is CC1CCC(O)C(N2CCCC(C)(C)C2)C1. The summed E-state index contributed by atoms with van der Waals surface area (Å²) < 4.78 is 0. The summed E-state index contributed by atoms with van der Waals surface area (Å²) in [4.78, 5) is 2.56. The monoisotopic (exact) mass is 225 g/mol. The Kier molecular flexibility index (Phi) is 3.60. The minimum Gasteiger partial charge on any atom is -0.391 e. The molecule has 0 radical (unpaired) electrons. The van der Waals surface area contributed by atoms with E-state index in [2.05, 4.69) is 25.7 Å². The molecule has 1 aliphatic carbocycles. The van der Waals surface area contributed by atoms with Gasteiger partial charge in [0.25, 0.3) is 0 Å². The predicted octanol–water partition coefficient (Wildman–Crippen LogP) is 2.66. The molecule has 2 rings (SSSR count). The van der Waals surface area contributed by atoms with Gasteiger partial charge in [-0.3, -0.25) is 4.90 Å². The quantitative estimate of drug-likeness (QED) is 0.741. The predicted molar refractivity (Wildman–Crippen MR) is 67.4 cm³/mol. The number of aliphatic hydroxyl groups is 1. The van der Waals surface area contributed by atoms with Gasteiger partial charge in [0.2, 0.25) is 0 Å². The van der Waals surface area contributed by atoms with Crippen LogP contribution < -0.4 is 0 Å². The van der Waals surface area contributed by atoms with E-state index in [4.69, 9.17) is 0 Å². The molecular formula is C14H27NO. The summed E-state index contributed by atoms with van der Waals surface area (Å²) in [6, 6.07) is 0.434. The van der Waals surface area contributed by atoms with Crippen molar-refractivity contribution in [2.24, 2.45) is 11.3 Å². The first kappa shape index (κ1) is 12.4. The third-order valence-corrected chi connectivity index (χ3v) is 4.44. The number of hydrogen-bond donors (Lipinski definition) is 1. The molecule has 1 saturated heterocycles. The number of likely N-dealkylation sites (tertiary alicyclic amines) is 1. The minimum atomic E-state index is -0.0786. The average molecular weight is 225 g/mol. The van der Waals surface area contributed by atoms with Crippen LogP contribution in [0, 0.1) is 11.3 Å². The van der Waals surface area contributed by atoms with E-state index in [0.717, 1.165) is 12.3 Å². The van der Waals surface area contributed by atoms with Gasteiger partial charge in [-0.2, -0.15) is 0 Å². The van der Waals surface area contributed by atoms with Crippen molar-refractivity contribution < 1.29 is 5.11 Å². The molecule has 2 heteroatoms. The first-order chi connectivity index (χ1) is 7.48. The molecule has 1 heterocycles. The summed E-state index contributed by atoms with van der Waals surface area (Å²) in [5, 5.41) is 10.2. The number of aliphatic hydroxyl groups excluding tert-OH is 1. The molecule has 0 aromatic heterocycles. The molecule has 2 nitrogen and oxygen atoms in total. The van der Waals surface area contributed by atoms with Crippen molar-refractivity contribution in [1.29, 1.82) is 0 Å². The van der Waals surface area contributed by atoms with Gasteiger partial charge in [-0.1, -0.05) is 20.8 Å². The Morgan fingerprint density at radius 3 is 2.69 bits per heavy atom. The third-order valence-electron chi connectivity index (χ3n) is 4.44. The molecule has 1 saturated carbocycles. The number of rotatable bonds is 1. The van der Waals surface area contributed by atoms with Crippen LogP contribution in [-0.2, 0) is 0 Å². The van der Waals surface area contributed by atoms with Crippen LogP contribution in [-0.4, -0.2) is 35.2 Å². The Hall–Kier alpha value is -0.0800. The van der Waals surface area contributed by atoms with Crippen LogP contribution in [0.3, 0.4) is 0 Å². The maximum Gasteiger partial charge on any atom is 0.0695 e. The molecule has 1 aliphatic heterocycles. The lowest BCUT2D eigenvalue weighted by molar-refractivity contribution is -0.0250. The van der Waals surface area contributed by atoms with Crippen LogP contribution >= 0.6 is 0 Å². The van der Waals surface area contributed by atoms with E-state index in [1.165, 1.54) is 38.8 Å². The maximum absolute atomic E-state index is 10.2. The zero-order valence-corrected chi connectivity index (χ0v) is 11.1. The fourth-order valence-electron chi connectivity index (χ4n) is 3.48. The summed E-state index contributed by atoms with van der Waals surface area (Å²) in [6.07, 6.45) is 5.95. The van der Waals surface area contributed by atoms with Crippen LogP contribution in [0.2, 0.25) is 0 Å². The second kappa shape index (κ2) is 4.66. The lowest BCUT2D eigenvalue weighted by Crippen LogP contribution is -2.52. The van der Waals surface area contributed by atoms with Gasteiger partial charge in [-0.05, 0) is 50.0 Å². The van der Waals surface area contributed by atoms with Crippen LogP contribution in [0.1, 0.15) is 52.9 Å². The van der Waals surface area contributed by atoms with Gasteiger partial charge in [-0.15, -0.1) is 0 Å². The number of hydrogen-bond acceptors (Lipinski definition) is 2. The van der Waals surface area contributed by atoms with Gasteiger partial charge in [0.05, 0.1) is 6.10 Å². The van der Waals surface area contributed by atoms with Gasteiger partial charge in [-0.25, -0.2) is 0 Å². The molecule has 0 spiro atoms. The van der Waals surface area contributed by atoms with Crippen molar-refractivity contribution in [3.63, 3.8) is 0 Å². The summed E-state index contributed by atoms with van der Waals surface area (Å²) in [6.45, 7) is 9.41. The highest BCUT2D eigenvalue weighted by atomic mass is 16.3. The lowest BCUT2D eigenvalue weighted by atomic mass is 9.79. The molecule has 0 aromatic carbocycles. The van der Waals surface area contributed by atoms with Crippen molar-refractivity contribution in [2.45, 2.75) is 65.0 Å². The first-order valence-electron chi connectivity index (χ1n) is 6.90. The second-order valence-corrected chi connectivity index (χ2v) is 6.79. The van der Waals surface area contributed by atoms with E-state index in [-0.39, 0.29) is 6.10 Å². The average Bonchev–Trinajstić information content (AvgIpc) is 2.20. The summed E-state index contributed by atoms with van der Waals surface area (Å²) in [5.74, 6) is 0.790. The Bertz CT molecular complexity index is 239. The molecule has 0 bridgehead atoms. The van der Waals surface area contributed by atoms with Crippen molar-refractivity contribution >= 4 is 0 Å². The smallest absolute Gasteiger partial charge is 0.0695 e. The molecule has 3 atom stereocenters. The third kappa shape index (κ3) is 2.78. The fraction of sp³-hybridized carbons (Fsp3) is 1.00. The highest BCUT2D eigenvalue weighted by Crippen LogP contribution is 2.34. The standard InChI is InChI=1S/C14H27NO/c1-11-5-6-13(16)12(9-11)15-8-4-7-14(2,3)10-15/h11-13,16H,4-10H2,1-3H3. The molecule has 0 amide bonds. The van der Waals surface area contributed by atoms with E-state index >= 15 is 0 Å². The summed E-state index contributed by atoms with van der Waals surface area (Å²) in [7, 11) is 0. The van der Waals surface area contributed by atoms with Gasteiger partial charge in [0.15, 0.2) is 0 Å².